The van der Waals surface area contributed by atoms with Crippen molar-refractivity contribution in [3.63, 3.8) is 0 Å². The van der Waals surface area contributed by atoms with Crippen LogP contribution in [0.25, 0.3) is 0 Å². The Bertz CT molecular complexity index is 719. The third-order valence-corrected chi connectivity index (χ3v) is 3.30. The van der Waals surface area contributed by atoms with Crippen LogP contribution in [0.2, 0.25) is 0 Å². The summed E-state index contributed by atoms with van der Waals surface area (Å²) in [7, 11) is 3.03. The van der Waals surface area contributed by atoms with Crippen molar-refractivity contribution in [1.82, 2.24) is 4.98 Å². The number of methoxy groups -OCH3 is 2. The van der Waals surface area contributed by atoms with Gasteiger partial charge in [-0.2, -0.15) is 0 Å². The monoisotopic (exact) mass is 329 g/mol. The molecule has 0 radical (unpaired) electrons. The van der Waals surface area contributed by atoms with E-state index >= 15 is 0 Å². The summed E-state index contributed by atoms with van der Waals surface area (Å²) in [5, 5.41) is 2.70. The van der Waals surface area contributed by atoms with E-state index in [1.165, 1.54) is 32.2 Å². The van der Waals surface area contributed by atoms with Gasteiger partial charge in [0.05, 0.1) is 31.8 Å². The molecule has 24 heavy (non-hydrogen) atoms. The van der Waals surface area contributed by atoms with Crippen molar-refractivity contribution in [3.05, 3.63) is 42.7 Å². The fraction of sp³-hybridized carbons (Fsp3) is 0.235. The Morgan fingerprint density at radius 1 is 1.21 bits per heavy atom. The Kier molecular flexibility index (Phi) is 5.73. The molecule has 1 aromatic heterocycles. The molecule has 0 bridgehead atoms. The molecule has 0 saturated heterocycles. The first kappa shape index (κ1) is 17.3. The van der Waals surface area contributed by atoms with Crippen LogP contribution >= 0.6 is 0 Å². The predicted molar refractivity (Wildman–Crippen MR) is 90.4 cm³/mol. The molecular formula is C17H19N3O4. The average Bonchev–Trinajstić information content (AvgIpc) is 2.59. The number of carbonyl (C=O) groups is 2. The summed E-state index contributed by atoms with van der Waals surface area (Å²) in [5.41, 5.74) is 1.02. The fourth-order valence-electron chi connectivity index (χ4n) is 2.15. The second-order valence-electron chi connectivity index (χ2n) is 4.93. The molecule has 0 atom stereocenters. The Balaban J connectivity index is 2.23. The zero-order valence-electron chi connectivity index (χ0n) is 13.8. The van der Waals surface area contributed by atoms with Crippen LogP contribution in [0.1, 0.15) is 6.92 Å². The van der Waals surface area contributed by atoms with Crippen molar-refractivity contribution >= 4 is 23.2 Å². The molecule has 0 saturated carbocycles. The van der Waals surface area contributed by atoms with Gasteiger partial charge in [0, 0.05) is 19.2 Å². The summed E-state index contributed by atoms with van der Waals surface area (Å²) < 4.78 is 10.5. The summed E-state index contributed by atoms with van der Waals surface area (Å²) in [6.07, 6.45) is 3.14. The van der Waals surface area contributed by atoms with Gasteiger partial charge >= 0.3 is 0 Å². The van der Waals surface area contributed by atoms with Gasteiger partial charge in [-0.15, -0.1) is 0 Å². The largest absolute Gasteiger partial charge is 0.497 e. The number of aromatic nitrogens is 1. The molecule has 0 aliphatic carbocycles. The lowest BCUT2D eigenvalue weighted by molar-refractivity contribution is -0.120. The minimum atomic E-state index is -0.344. The van der Waals surface area contributed by atoms with Crippen molar-refractivity contribution in [1.29, 1.82) is 0 Å². The van der Waals surface area contributed by atoms with Crippen LogP contribution in [0.4, 0.5) is 11.4 Å². The highest BCUT2D eigenvalue weighted by Gasteiger charge is 2.20. The van der Waals surface area contributed by atoms with E-state index in [0.717, 1.165) is 0 Å². The summed E-state index contributed by atoms with van der Waals surface area (Å²) in [4.78, 5) is 29.5. The van der Waals surface area contributed by atoms with Crippen LogP contribution in [0, 0.1) is 0 Å². The number of nitrogens with one attached hydrogen (secondary N) is 1. The zero-order valence-corrected chi connectivity index (χ0v) is 13.8. The molecule has 7 nitrogen and oxygen atoms in total. The number of hydrogen-bond donors (Lipinski definition) is 1. The first-order valence-electron chi connectivity index (χ1n) is 7.25. The summed E-state index contributed by atoms with van der Waals surface area (Å²) in [5.74, 6) is 0.399. The number of amides is 2. The van der Waals surface area contributed by atoms with E-state index in [2.05, 4.69) is 10.3 Å². The van der Waals surface area contributed by atoms with Gasteiger partial charge in [0.15, 0.2) is 0 Å². The molecule has 0 aliphatic heterocycles. The van der Waals surface area contributed by atoms with Crippen LogP contribution in [0.5, 0.6) is 11.5 Å². The molecule has 2 amide bonds. The maximum absolute atomic E-state index is 12.2. The molecule has 0 aliphatic rings. The highest BCUT2D eigenvalue weighted by molar-refractivity contribution is 6.02. The number of nitrogens with zero attached hydrogens (tertiary/aromatic N) is 2. The lowest BCUT2D eigenvalue weighted by Crippen LogP contribution is -2.37. The third kappa shape index (κ3) is 4.22. The van der Waals surface area contributed by atoms with Crippen LogP contribution in [0.3, 0.4) is 0 Å². The highest BCUT2D eigenvalue weighted by atomic mass is 16.5. The quantitative estimate of drug-likeness (QED) is 0.878. The molecule has 0 fully saturated rings. The first-order chi connectivity index (χ1) is 11.5. The molecule has 0 spiro atoms. The standard InChI is InChI=1S/C17H19N3O4/c1-12(21)20(11-17(22)19-13-5-4-8-18-10-13)15-9-14(23-2)6-7-16(15)24-3/h4-10H,11H2,1-3H3,(H,19,22). The molecule has 1 heterocycles. The van der Waals surface area contributed by atoms with E-state index in [9.17, 15) is 9.59 Å². The van der Waals surface area contributed by atoms with E-state index in [4.69, 9.17) is 9.47 Å². The summed E-state index contributed by atoms with van der Waals surface area (Å²) in [6.45, 7) is 1.23. The second-order valence-corrected chi connectivity index (χ2v) is 4.93. The molecule has 1 aromatic carbocycles. The maximum Gasteiger partial charge on any atom is 0.244 e. The van der Waals surface area contributed by atoms with Gasteiger partial charge in [-0.3, -0.25) is 19.5 Å². The van der Waals surface area contributed by atoms with Crippen molar-refractivity contribution in [2.24, 2.45) is 0 Å². The van der Waals surface area contributed by atoms with E-state index < -0.39 is 0 Å². The number of pyridine rings is 1. The fourth-order valence-corrected chi connectivity index (χ4v) is 2.15. The van der Waals surface area contributed by atoms with Crippen molar-refractivity contribution in [3.8, 4) is 11.5 Å². The third-order valence-electron chi connectivity index (χ3n) is 3.30. The highest BCUT2D eigenvalue weighted by Crippen LogP contribution is 2.32. The van der Waals surface area contributed by atoms with Crippen molar-refractivity contribution < 1.29 is 19.1 Å². The van der Waals surface area contributed by atoms with Crippen molar-refractivity contribution in [2.75, 3.05) is 31.0 Å². The normalized spacial score (nSPS) is 9.96. The van der Waals surface area contributed by atoms with Gasteiger partial charge in [-0.1, -0.05) is 0 Å². The lowest BCUT2D eigenvalue weighted by atomic mass is 10.2. The Morgan fingerprint density at radius 2 is 2.00 bits per heavy atom. The molecule has 7 heteroatoms. The number of carbonyl (C=O) groups excluding carboxylic acids is 2. The molecule has 2 aromatic rings. The van der Waals surface area contributed by atoms with E-state index in [0.29, 0.717) is 22.9 Å². The average molecular weight is 329 g/mol. The van der Waals surface area contributed by atoms with Gasteiger partial charge in [-0.25, -0.2) is 0 Å². The topological polar surface area (TPSA) is 80.8 Å². The summed E-state index contributed by atoms with van der Waals surface area (Å²) >= 11 is 0. The van der Waals surface area contributed by atoms with E-state index in [1.54, 1.807) is 36.5 Å². The molecule has 2 rings (SSSR count). The van der Waals surface area contributed by atoms with Crippen LogP contribution in [-0.2, 0) is 9.59 Å². The van der Waals surface area contributed by atoms with Gasteiger partial charge in [0.1, 0.15) is 18.0 Å². The van der Waals surface area contributed by atoms with E-state index in [1.807, 2.05) is 0 Å². The van der Waals surface area contributed by atoms with Gasteiger partial charge in [0.25, 0.3) is 0 Å². The van der Waals surface area contributed by atoms with Crippen molar-refractivity contribution in [2.45, 2.75) is 6.92 Å². The molecule has 0 unspecified atom stereocenters. The van der Waals surface area contributed by atoms with E-state index in [-0.39, 0.29) is 18.4 Å². The number of hydrogen-bond acceptors (Lipinski definition) is 5. The number of ether oxygens (including phenoxy) is 2. The lowest BCUT2D eigenvalue weighted by Gasteiger charge is -2.23. The molecule has 126 valence electrons. The predicted octanol–water partition coefficient (Wildman–Crippen LogP) is 2.09. The minimum absolute atomic E-state index is 0.159. The smallest absolute Gasteiger partial charge is 0.244 e. The number of rotatable bonds is 6. The van der Waals surface area contributed by atoms with Crippen LogP contribution < -0.4 is 19.7 Å². The zero-order chi connectivity index (χ0) is 17.5. The SMILES string of the molecule is COc1ccc(OC)c(N(CC(=O)Nc2cccnc2)C(C)=O)c1. The van der Waals surface area contributed by atoms with Gasteiger partial charge in [0.2, 0.25) is 11.8 Å². The van der Waals surface area contributed by atoms with Crippen LogP contribution in [-0.4, -0.2) is 37.6 Å². The van der Waals surface area contributed by atoms with Gasteiger partial charge in [-0.05, 0) is 24.3 Å². The first-order valence-corrected chi connectivity index (χ1v) is 7.25. The molecule has 1 N–H and O–H groups in total. The summed E-state index contributed by atoms with van der Waals surface area (Å²) in [6, 6.07) is 8.48. The second kappa shape index (κ2) is 7.96. The Hall–Kier alpha value is -3.09. The molecular weight excluding hydrogens is 310 g/mol. The Morgan fingerprint density at radius 3 is 2.58 bits per heavy atom. The van der Waals surface area contributed by atoms with Crippen LogP contribution in [0.15, 0.2) is 42.7 Å². The Labute approximate surface area is 140 Å². The maximum atomic E-state index is 12.2. The minimum Gasteiger partial charge on any atom is -0.497 e. The number of benzene rings is 1. The number of anilines is 2. The van der Waals surface area contributed by atoms with Gasteiger partial charge < -0.3 is 14.8 Å².